The number of anilines is 1. The van der Waals surface area contributed by atoms with Gasteiger partial charge in [-0.2, -0.15) is 0 Å². The molecule has 1 fully saturated rings. The molecule has 9 nitrogen and oxygen atoms in total. The van der Waals surface area contributed by atoms with E-state index >= 15 is 4.39 Å². The van der Waals surface area contributed by atoms with Crippen LogP contribution in [0.4, 0.5) is 10.2 Å². The number of pyridine rings is 1. The number of ether oxygens (including phenoxy) is 1. The van der Waals surface area contributed by atoms with Crippen LogP contribution in [0.5, 0.6) is 5.75 Å². The number of hydrogen-bond acceptors (Lipinski definition) is 8. The van der Waals surface area contributed by atoms with Crippen LogP contribution < -0.4 is 14.4 Å². The summed E-state index contributed by atoms with van der Waals surface area (Å²) in [5.74, 6) is 0.798. The molecule has 2 aromatic carbocycles. The fraction of sp³-hybridized carbons (Fsp3) is 0.233. The Labute approximate surface area is 241 Å². The molecule has 0 bridgehead atoms. The normalized spacial score (nSPS) is 13.1. The first-order valence-corrected chi connectivity index (χ1v) is 14.2. The molecule has 0 aliphatic carbocycles. The monoisotopic (exact) mass is 572 g/mol. The summed E-state index contributed by atoms with van der Waals surface area (Å²) in [5.41, 5.74) is 2.56. The summed E-state index contributed by atoms with van der Waals surface area (Å²) in [7, 11) is 0. The van der Waals surface area contributed by atoms with Gasteiger partial charge in [0.2, 0.25) is 0 Å². The number of nitrogens with zero attached hydrogens (tertiary/aromatic N) is 5. The number of aromatic nitrogens is 3. The van der Waals surface area contributed by atoms with E-state index in [1.54, 1.807) is 47.6 Å². The fourth-order valence-electron chi connectivity index (χ4n) is 4.44. The quantitative estimate of drug-likeness (QED) is 0.290. The van der Waals surface area contributed by atoms with Crippen molar-refractivity contribution in [1.29, 1.82) is 0 Å². The average molecular weight is 573 g/mol. The van der Waals surface area contributed by atoms with Crippen molar-refractivity contribution in [3.05, 3.63) is 102 Å². The lowest BCUT2D eigenvalue weighted by Crippen LogP contribution is -2.49. The molecule has 0 unspecified atom stereocenters. The molecular weight excluding hydrogens is 543 g/mol. The summed E-state index contributed by atoms with van der Waals surface area (Å²) < 4.78 is 23.3. The molecule has 4 aromatic rings. The number of hydrogen-bond donors (Lipinski definition) is 1. The Balaban J connectivity index is 1.14. The Hall–Kier alpha value is -4.51. The summed E-state index contributed by atoms with van der Waals surface area (Å²) in [5, 5.41) is 8.31. The summed E-state index contributed by atoms with van der Waals surface area (Å²) in [4.78, 5) is 33.3. The van der Waals surface area contributed by atoms with E-state index in [9.17, 15) is 9.59 Å². The van der Waals surface area contributed by atoms with Gasteiger partial charge in [0.1, 0.15) is 11.6 Å². The maximum atomic E-state index is 15.0. The second-order valence-corrected chi connectivity index (χ2v) is 10.1. The zero-order chi connectivity index (χ0) is 28.6. The van der Waals surface area contributed by atoms with Crippen molar-refractivity contribution < 1.29 is 18.7 Å². The highest BCUT2D eigenvalue weighted by Gasteiger charge is 2.24. The van der Waals surface area contributed by atoms with Gasteiger partial charge in [-0.25, -0.2) is 4.39 Å². The van der Waals surface area contributed by atoms with Gasteiger partial charge in [-0.15, -0.1) is 10.2 Å². The van der Waals surface area contributed by atoms with Crippen molar-refractivity contribution in [3.63, 3.8) is 0 Å². The van der Waals surface area contributed by atoms with Gasteiger partial charge in [-0.05, 0) is 54.8 Å². The minimum atomic E-state index is -0.497. The number of amides is 2. The SMILES string of the molecule is CCOc1cncc(-c2ccc(C(=O)N3CCN(c4ccc(C(=O)NSCc5ccccc5)nn4)CC3)cc2F)c1. The van der Waals surface area contributed by atoms with Crippen molar-refractivity contribution in [2.24, 2.45) is 0 Å². The molecule has 1 aliphatic heterocycles. The van der Waals surface area contributed by atoms with Crippen molar-refractivity contribution in [2.45, 2.75) is 12.7 Å². The molecule has 3 heterocycles. The molecule has 1 saturated heterocycles. The van der Waals surface area contributed by atoms with E-state index in [0.29, 0.717) is 61.2 Å². The van der Waals surface area contributed by atoms with E-state index in [1.165, 1.54) is 18.0 Å². The van der Waals surface area contributed by atoms with Gasteiger partial charge in [0.15, 0.2) is 11.5 Å². The molecule has 2 aromatic heterocycles. The third-order valence-corrected chi connectivity index (χ3v) is 7.38. The van der Waals surface area contributed by atoms with Gasteiger partial charge in [0.05, 0.1) is 12.8 Å². The third kappa shape index (κ3) is 6.98. The average Bonchev–Trinajstić information content (AvgIpc) is 3.01. The molecule has 0 radical (unpaired) electrons. The zero-order valence-electron chi connectivity index (χ0n) is 22.5. The van der Waals surface area contributed by atoms with Crippen LogP contribution in [-0.4, -0.2) is 64.7 Å². The number of carbonyl (C=O) groups is 2. The lowest BCUT2D eigenvalue weighted by Gasteiger charge is -2.35. The van der Waals surface area contributed by atoms with E-state index in [0.717, 1.165) is 5.56 Å². The van der Waals surface area contributed by atoms with E-state index < -0.39 is 5.82 Å². The maximum Gasteiger partial charge on any atom is 0.281 e. The van der Waals surface area contributed by atoms with Gasteiger partial charge >= 0.3 is 0 Å². The molecule has 210 valence electrons. The Morgan fingerprint density at radius 2 is 1.78 bits per heavy atom. The molecule has 41 heavy (non-hydrogen) atoms. The zero-order valence-corrected chi connectivity index (χ0v) is 23.3. The molecule has 0 saturated carbocycles. The van der Waals surface area contributed by atoms with E-state index in [2.05, 4.69) is 19.9 Å². The van der Waals surface area contributed by atoms with Crippen LogP contribution in [-0.2, 0) is 5.75 Å². The van der Waals surface area contributed by atoms with Crippen LogP contribution in [0, 0.1) is 5.82 Å². The Morgan fingerprint density at radius 1 is 0.976 bits per heavy atom. The van der Waals surface area contributed by atoms with Crippen molar-refractivity contribution in [1.82, 2.24) is 24.8 Å². The summed E-state index contributed by atoms with van der Waals surface area (Å²) >= 11 is 1.30. The fourth-order valence-corrected chi connectivity index (χ4v) is 5.11. The van der Waals surface area contributed by atoms with Crippen LogP contribution >= 0.6 is 11.9 Å². The number of nitrogens with one attached hydrogen (secondary N) is 1. The van der Waals surface area contributed by atoms with Gasteiger partial charge in [0, 0.05) is 54.8 Å². The van der Waals surface area contributed by atoms with Crippen LogP contribution in [0.2, 0.25) is 0 Å². The summed E-state index contributed by atoms with van der Waals surface area (Å²) in [6.45, 7) is 4.32. The van der Waals surface area contributed by atoms with Crippen molar-refractivity contribution >= 4 is 29.6 Å². The van der Waals surface area contributed by atoms with Gasteiger partial charge in [-0.1, -0.05) is 36.4 Å². The first-order valence-electron chi connectivity index (χ1n) is 13.2. The largest absolute Gasteiger partial charge is 0.492 e. The van der Waals surface area contributed by atoms with Crippen LogP contribution in [0.25, 0.3) is 11.1 Å². The number of rotatable bonds is 9. The predicted molar refractivity (Wildman–Crippen MR) is 156 cm³/mol. The van der Waals surface area contributed by atoms with Gasteiger partial charge < -0.3 is 14.5 Å². The number of carbonyl (C=O) groups excluding carboxylic acids is 2. The highest BCUT2D eigenvalue weighted by Crippen LogP contribution is 2.27. The second kappa shape index (κ2) is 13.2. The van der Waals surface area contributed by atoms with Crippen LogP contribution in [0.3, 0.4) is 0 Å². The lowest BCUT2D eigenvalue weighted by molar-refractivity contribution is 0.0745. The van der Waals surface area contributed by atoms with Crippen LogP contribution in [0.15, 0.2) is 79.1 Å². The molecular formula is C30H29FN6O3S. The standard InChI is InChI=1S/C30H29FN6O3S/c1-2-40-24-16-23(18-32-19-24)25-9-8-22(17-26(25)31)30(39)37-14-12-36(13-15-37)28-11-10-27(33-34-28)29(38)35-41-20-21-6-4-3-5-7-21/h3-11,16-19H,2,12-15,20H2,1H3,(H,35,38). The van der Waals surface area contributed by atoms with Crippen molar-refractivity contribution in [2.75, 3.05) is 37.7 Å². The topological polar surface area (TPSA) is 101 Å². The molecule has 1 aliphatic rings. The Morgan fingerprint density at radius 3 is 2.49 bits per heavy atom. The molecule has 2 amide bonds. The molecule has 5 rings (SSSR count). The third-order valence-electron chi connectivity index (χ3n) is 6.57. The number of halogens is 1. The minimum absolute atomic E-state index is 0.231. The minimum Gasteiger partial charge on any atom is -0.492 e. The van der Waals surface area contributed by atoms with E-state index in [1.807, 2.05) is 42.2 Å². The van der Waals surface area contributed by atoms with Crippen molar-refractivity contribution in [3.8, 4) is 16.9 Å². The summed E-state index contributed by atoms with van der Waals surface area (Å²) in [6.07, 6.45) is 3.14. The first-order chi connectivity index (χ1) is 20.0. The molecule has 1 N–H and O–H groups in total. The smallest absolute Gasteiger partial charge is 0.281 e. The van der Waals surface area contributed by atoms with Gasteiger partial charge in [0.25, 0.3) is 11.8 Å². The highest BCUT2D eigenvalue weighted by molar-refractivity contribution is 7.97. The number of benzene rings is 2. The Bertz CT molecular complexity index is 1500. The lowest BCUT2D eigenvalue weighted by atomic mass is 10.0. The predicted octanol–water partition coefficient (Wildman–Crippen LogP) is 4.62. The maximum absolute atomic E-state index is 15.0. The molecule has 0 atom stereocenters. The van der Waals surface area contributed by atoms with E-state index in [-0.39, 0.29) is 23.1 Å². The summed E-state index contributed by atoms with van der Waals surface area (Å²) in [6, 6.07) is 19.5. The number of piperazine rings is 1. The first kappa shape index (κ1) is 28.0. The van der Waals surface area contributed by atoms with Crippen LogP contribution in [0.1, 0.15) is 33.3 Å². The highest BCUT2D eigenvalue weighted by atomic mass is 32.2. The van der Waals surface area contributed by atoms with E-state index in [4.69, 9.17) is 4.74 Å². The second-order valence-electron chi connectivity index (χ2n) is 9.30. The molecule has 11 heteroatoms. The molecule has 0 spiro atoms. The Kier molecular flexibility index (Phi) is 9.05. The van der Waals surface area contributed by atoms with Gasteiger partial charge in [-0.3, -0.25) is 19.3 Å².